The summed E-state index contributed by atoms with van der Waals surface area (Å²) in [5.41, 5.74) is 3.93. The molecule has 2 nitrogen and oxygen atoms in total. The van der Waals surface area contributed by atoms with Gasteiger partial charge in [-0.2, -0.15) is 0 Å². The average molecular weight is 260 g/mol. The molecular weight excluding hydrogens is 232 g/mol. The first-order valence-corrected chi connectivity index (χ1v) is 7.35. The van der Waals surface area contributed by atoms with Gasteiger partial charge in [0.25, 0.3) is 0 Å². The van der Waals surface area contributed by atoms with Crippen molar-refractivity contribution in [1.29, 1.82) is 0 Å². The number of hydrogen-bond acceptors (Lipinski definition) is 2. The Morgan fingerprint density at radius 3 is 2.47 bits per heavy atom. The molecule has 0 fully saturated rings. The van der Waals surface area contributed by atoms with Gasteiger partial charge < -0.3 is 10.2 Å². The van der Waals surface area contributed by atoms with Crippen molar-refractivity contribution in [2.45, 2.75) is 40.2 Å². The standard InChI is InChI=1S/C17H28N2/c1-6-16(18-7-2)15-11-9-10-12-17(15)19(8-3)13-14(4)5/h9-12,16,18H,4,6-8,13H2,1-3,5H3. The van der Waals surface area contributed by atoms with E-state index < -0.39 is 0 Å². The average Bonchev–Trinajstić information content (AvgIpc) is 2.42. The molecule has 0 amide bonds. The smallest absolute Gasteiger partial charge is 0.0417 e. The number of nitrogens with one attached hydrogen (secondary N) is 1. The topological polar surface area (TPSA) is 15.3 Å². The third kappa shape index (κ3) is 4.39. The summed E-state index contributed by atoms with van der Waals surface area (Å²) in [6, 6.07) is 9.15. The van der Waals surface area contributed by atoms with Crippen molar-refractivity contribution in [3.8, 4) is 0 Å². The highest BCUT2D eigenvalue weighted by Crippen LogP contribution is 2.28. The zero-order valence-corrected chi connectivity index (χ0v) is 12.9. The Hall–Kier alpha value is -1.28. The molecule has 1 aromatic carbocycles. The third-order valence-electron chi connectivity index (χ3n) is 3.35. The molecule has 2 heteroatoms. The highest BCUT2D eigenvalue weighted by Gasteiger charge is 2.15. The van der Waals surface area contributed by atoms with E-state index in [9.17, 15) is 0 Å². The van der Waals surface area contributed by atoms with Crippen LogP contribution in [-0.4, -0.2) is 19.6 Å². The maximum absolute atomic E-state index is 4.04. The molecule has 0 aliphatic heterocycles. The molecule has 106 valence electrons. The highest BCUT2D eigenvalue weighted by atomic mass is 15.1. The summed E-state index contributed by atoms with van der Waals surface area (Å²) in [7, 11) is 0. The molecule has 0 radical (unpaired) electrons. The van der Waals surface area contributed by atoms with Crippen LogP contribution in [0.4, 0.5) is 5.69 Å². The predicted octanol–water partition coefficient (Wildman–Crippen LogP) is 4.15. The zero-order chi connectivity index (χ0) is 14.3. The molecule has 1 rings (SSSR count). The molecule has 0 aromatic heterocycles. The van der Waals surface area contributed by atoms with Gasteiger partial charge in [-0.3, -0.25) is 0 Å². The molecule has 0 heterocycles. The van der Waals surface area contributed by atoms with E-state index in [2.05, 4.69) is 68.8 Å². The monoisotopic (exact) mass is 260 g/mol. The zero-order valence-electron chi connectivity index (χ0n) is 12.9. The Bertz CT molecular complexity index is 398. The van der Waals surface area contributed by atoms with Gasteiger partial charge in [0.05, 0.1) is 0 Å². The number of nitrogens with zero attached hydrogens (tertiary/aromatic N) is 1. The number of benzene rings is 1. The van der Waals surface area contributed by atoms with Crippen molar-refractivity contribution in [3.63, 3.8) is 0 Å². The largest absolute Gasteiger partial charge is 0.368 e. The van der Waals surface area contributed by atoms with Crippen molar-refractivity contribution in [3.05, 3.63) is 42.0 Å². The minimum absolute atomic E-state index is 0.431. The fourth-order valence-electron chi connectivity index (χ4n) is 2.48. The minimum atomic E-state index is 0.431. The van der Waals surface area contributed by atoms with Crippen molar-refractivity contribution >= 4 is 5.69 Å². The number of para-hydroxylation sites is 1. The first-order valence-electron chi connectivity index (χ1n) is 7.35. The predicted molar refractivity (Wildman–Crippen MR) is 85.9 cm³/mol. The van der Waals surface area contributed by atoms with E-state index in [4.69, 9.17) is 0 Å². The molecule has 0 saturated carbocycles. The Kier molecular flexibility index (Phi) is 6.65. The molecule has 1 N–H and O–H groups in total. The summed E-state index contributed by atoms with van der Waals surface area (Å²) in [6.45, 7) is 15.7. The fourth-order valence-corrected chi connectivity index (χ4v) is 2.48. The molecule has 0 aliphatic rings. The molecule has 0 spiro atoms. The van der Waals surface area contributed by atoms with Crippen LogP contribution in [0, 0.1) is 0 Å². The summed E-state index contributed by atoms with van der Waals surface area (Å²) in [4.78, 5) is 2.40. The van der Waals surface area contributed by atoms with Gasteiger partial charge in [0.15, 0.2) is 0 Å². The highest BCUT2D eigenvalue weighted by molar-refractivity contribution is 5.55. The van der Waals surface area contributed by atoms with Crippen LogP contribution in [-0.2, 0) is 0 Å². The molecule has 1 atom stereocenters. The maximum atomic E-state index is 4.04. The molecule has 19 heavy (non-hydrogen) atoms. The Morgan fingerprint density at radius 2 is 1.95 bits per heavy atom. The first kappa shape index (κ1) is 15.8. The lowest BCUT2D eigenvalue weighted by Gasteiger charge is -2.29. The Balaban J connectivity index is 3.08. The lowest BCUT2D eigenvalue weighted by atomic mass is 10.0. The van der Waals surface area contributed by atoms with Crippen molar-refractivity contribution in [1.82, 2.24) is 5.32 Å². The van der Waals surface area contributed by atoms with Crippen LogP contribution in [0.2, 0.25) is 0 Å². The molecule has 0 bridgehead atoms. The second-order valence-electron chi connectivity index (χ2n) is 5.05. The van der Waals surface area contributed by atoms with Crippen molar-refractivity contribution in [2.24, 2.45) is 0 Å². The summed E-state index contributed by atoms with van der Waals surface area (Å²) >= 11 is 0. The van der Waals surface area contributed by atoms with E-state index in [0.29, 0.717) is 6.04 Å². The third-order valence-corrected chi connectivity index (χ3v) is 3.35. The van der Waals surface area contributed by atoms with Gasteiger partial charge in [-0.15, -0.1) is 0 Å². The fraction of sp³-hybridized carbons (Fsp3) is 0.529. The van der Waals surface area contributed by atoms with E-state index in [1.54, 1.807) is 0 Å². The molecule has 1 aromatic rings. The lowest BCUT2D eigenvalue weighted by Crippen LogP contribution is -2.28. The molecular formula is C17H28N2. The van der Waals surface area contributed by atoms with Gasteiger partial charge in [0, 0.05) is 24.8 Å². The van der Waals surface area contributed by atoms with Crippen LogP contribution in [0.3, 0.4) is 0 Å². The van der Waals surface area contributed by atoms with E-state index in [1.807, 2.05) is 0 Å². The second kappa shape index (κ2) is 8.00. The van der Waals surface area contributed by atoms with Crippen LogP contribution in [0.5, 0.6) is 0 Å². The summed E-state index contributed by atoms with van der Waals surface area (Å²) in [5.74, 6) is 0. The van der Waals surface area contributed by atoms with Crippen LogP contribution in [0.25, 0.3) is 0 Å². The molecule has 0 saturated heterocycles. The van der Waals surface area contributed by atoms with Gasteiger partial charge in [0.2, 0.25) is 0 Å². The number of likely N-dealkylation sites (N-methyl/N-ethyl adjacent to an activating group) is 1. The summed E-state index contributed by atoms with van der Waals surface area (Å²) in [5, 5.41) is 3.57. The Labute approximate surface area is 118 Å². The number of rotatable bonds is 8. The summed E-state index contributed by atoms with van der Waals surface area (Å²) < 4.78 is 0. The van der Waals surface area contributed by atoms with Crippen LogP contribution in [0.15, 0.2) is 36.4 Å². The normalized spacial score (nSPS) is 12.2. The van der Waals surface area contributed by atoms with E-state index in [0.717, 1.165) is 26.1 Å². The first-order chi connectivity index (χ1) is 9.13. The molecule has 1 unspecified atom stereocenters. The van der Waals surface area contributed by atoms with Gasteiger partial charge in [-0.25, -0.2) is 0 Å². The second-order valence-corrected chi connectivity index (χ2v) is 5.05. The van der Waals surface area contributed by atoms with E-state index in [-0.39, 0.29) is 0 Å². The summed E-state index contributed by atoms with van der Waals surface area (Å²) in [6.07, 6.45) is 1.11. The van der Waals surface area contributed by atoms with Gasteiger partial charge in [-0.05, 0) is 38.4 Å². The van der Waals surface area contributed by atoms with Gasteiger partial charge >= 0.3 is 0 Å². The van der Waals surface area contributed by atoms with E-state index >= 15 is 0 Å². The van der Waals surface area contributed by atoms with Crippen molar-refractivity contribution in [2.75, 3.05) is 24.5 Å². The SMILES string of the molecule is C=C(C)CN(CC)c1ccccc1C(CC)NCC. The van der Waals surface area contributed by atoms with Gasteiger partial charge in [-0.1, -0.05) is 44.2 Å². The number of anilines is 1. The quantitative estimate of drug-likeness (QED) is 0.706. The van der Waals surface area contributed by atoms with Crippen LogP contribution >= 0.6 is 0 Å². The maximum Gasteiger partial charge on any atom is 0.0417 e. The van der Waals surface area contributed by atoms with Gasteiger partial charge in [0.1, 0.15) is 0 Å². The molecule has 0 aliphatic carbocycles. The van der Waals surface area contributed by atoms with Crippen LogP contribution in [0.1, 0.15) is 45.7 Å². The lowest BCUT2D eigenvalue weighted by molar-refractivity contribution is 0.536. The van der Waals surface area contributed by atoms with E-state index in [1.165, 1.54) is 16.8 Å². The van der Waals surface area contributed by atoms with Crippen LogP contribution < -0.4 is 10.2 Å². The minimum Gasteiger partial charge on any atom is -0.368 e. The van der Waals surface area contributed by atoms with Crippen molar-refractivity contribution < 1.29 is 0 Å². The Morgan fingerprint density at radius 1 is 1.26 bits per heavy atom. The number of hydrogen-bond donors (Lipinski definition) is 1.